The Morgan fingerprint density at radius 3 is 2.71 bits per heavy atom. The summed E-state index contributed by atoms with van der Waals surface area (Å²) < 4.78 is 1.95. The largest absolute Gasteiger partial charge is 0.393 e. The Labute approximate surface area is 214 Å². The van der Waals surface area contributed by atoms with Crippen molar-refractivity contribution >= 4 is 35.6 Å². The van der Waals surface area contributed by atoms with Crippen molar-refractivity contribution in [1.29, 1.82) is 0 Å². The molecule has 6 rings (SSSR count). The number of aliphatic hydroxyl groups is 1. The fraction of sp³-hybridized carbons (Fsp3) is 0.643. The minimum Gasteiger partial charge on any atom is -0.393 e. The van der Waals surface area contributed by atoms with Crippen LogP contribution in [0.4, 0.5) is 5.69 Å². The standard InChI is InChI=1S/C28H37N3OS2/c1-27-12-10-19(32)14-17(27)8-9-20-22(27)11-13-28(2)23(20)15-21-24(16-33)31(30-25(21)28)26(34)29-18-6-4-3-5-7-18/h3-7,17,19-20,22-23,32-33H,8-16H2,1-2H3,(H,29,34)/t17-,19-,20+,22-,23-,27-,28-/m0/s1. The third-order valence-electron chi connectivity index (χ3n) is 10.4. The maximum atomic E-state index is 10.3. The highest BCUT2D eigenvalue weighted by Crippen LogP contribution is 2.65. The Bertz CT molecular complexity index is 1100. The second kappa shape index (κ2) is 8.35. The number of fused-ring (bicyclic) bond motifs is 7. The van der Waals surface area contributed by atoms with Crippen LogP contribution in [0.3, 0.4) is 0 Å². The molecule has 0 bridgehead atoms. The quantitative estimate of drug-likeness (QED) is 0.355. The Kier molecular flexibility index (Phi) is 5.66. The first-order valence-corrected chi connectivity index (χ1v) is 14.2. The first kappa shape index (κ1) is 23.1. The first-order valence-electron chi connectivity index (χ1n) is 13.1. The Balaban J connectivity index is 1.30. The minimum absolute atomic E-state index is 0.0777. The van der Waals surface area contributed by atoms with Crippen molar-refractivity contribution in [2.75, 3.05) is 5.32 Å². The van der Waals surface area contributed by atoms with Crippen LogP contribution in [0.25, 0.3) is 0 Å². The molecular weight excluding hydrogens is 458 g/mol. The van der Waals surface area contributed by atoms with Gasteiger partial charge in [-0.1, -0.05) is 32.0 Å². The van der Waals surface area contributed by atoms with Crippen LogP contribution in [0, 0.1) is 29.1 Å². The third-order valence-corrected chi connectivity index (χ3v) is 11.0. The van der Waals surface area contributed by atoms with E-state index in [1.807, 2.05) is 35.0 Å². The first-order chi connectivity index (χ1) is 16.3. The second-order valence-electron chi connectivity index (χ2n) is 11.9. The number of thiol groups is 1. The molecule has 7 atom stereocenters. The van der Waals surface area contributed by atoms with Crippen molar-refractivity contribution in [3.63, 3.8) is 0 Å². The van der Waals surface area contributed by atoms with Gasteiger partial charge < -0.3 is 10.4 Å². The van der Waals surface area contributed by atoms with E-state index in [0.29, 0.717) is 28.1 Å². The second-order valence-corrected chi connectivity index (χ2v) is 12.6. The van der Waals surface area contributed by atoms with E-state index in [-0.39, 0.29) is 11.5 Å². The molecule has 4 nitrogen and oxygen atoms in total. The van der Waals surface area contributed by atoms with Gasteiger partial charge in [0.15, 0.2) is 5.11 Å². The summed E-state index contributed by atoms with van der Waals surface area (Å²) in [5.41, 5.74) is 5.37. The van der Waals surface area contributed by atoms with Crippen LogP contribution in [0.5, 0.6) is 0 Å². The molecule has 1 aromatic heterocycles. The number of nitrogens with one attached hydrogen (secondary N) is 1. The van der Waals surface area contributed by atoms with Crippen LogP contribution in [0.2, 0.25) is 0 Å². The molecule has 0 aliphatic heterocycles. The molecular formula is C28H37N3OS2. The number of aliphatic hydroxyl groups excluding tert-OH is 1. The van der Waals surface area contributed by atoms with E-state index < -0.39 is 0 Å². The monoisotopic (exact) mass is 495 g/mol. The van der Waals surface area contributed by atoms with Gasteiger partial charge in [0.2, 0.25) is 0 Å². The van der Waals surface area contributed by atoms with Gasteiger partial charge in [-0.3, -0.25) is 0 Å². The van der Waals surface area contributed by atoms with Crippen molar-refractivity contribution < 1.29 is 5.11 Å². The normalized spacial score (nSPS) is 38.4. The summed E-state index contributed by atoms with van der Waals surface area (Å²) >= 11 is 10.5. The predicted molar refractivity (Wildman–Crippen MR) is 144 cm³/mol. The van der Waals surface area contributed by atoms with Crippen LogP contribution < -0.4 is 5.32 Å². The molecule has 0 amide bonds. The van der Waals surface area contributed by atoms with Crippen molar-refractivity contribution in [1.82, 2.24) is 9.78 Å². The molecule has 4 aliphatic carbocycles. The molecule has 0 spiro atoms. The lowest BCUT2D eigenvalue weighted by Gasteiger charge is -2.60. The zero-order chi connectivity index (χ0) is 23.7. The van der Waals surface area contributed by atoms with Crippen LogP contribution in [-0.4, -0.2) is 26.1 Å². The van der Waals surface area contributed by atoms with E-state index in [0.717, 1.165) is 36.8 Å². The van der Waals surface area contributed by atoms with Gasteiger partial charge in [0.1, 0.15) is 0 Å². The number of para-hydroxylation sites is 1. The number of nitrogens with zero attached hydrogens (tertiary/aromatic N) is 2. The molecule has 182 valence electrons. The van der Waals surface area contributed by atoms with Crippen LogP contribution >= 0.6 is 24.8 Å². The van der Waals surface area contributed by atoms with E-state index >= 15 is 0 Å². The zero-order valence-electron chi connectivity index (χ0n) is 20.3. The van der Waals surface area contributed by atoms with Crippen molar-refractivity contribution in [3.05, 3.63) is 47.3 Å². The molecule has 34 heavy (non-hydrogen) atoms. The Hall–Kier alpha value is -1.37. The number of rotatable bonds is 2. The summed E-state index contributed by atoms with van der Waals surface area (Å²) in [7, 11) is 0. The van der Waals surface area contributed by atoms with Gasteiger partial charge in [0.25, 0.3) is 0 Å². The van der Waals surface area contributed by atoms with E-state index in [1.165, 1.54) is 49.1 Å². The molecule has 0 unspecified atom stereocenters. The van der Waals surface area contributed by atoms with Gasteiger partial charge in [-0.15, -0.1) is 0 Å². The summed E-state index contributed by atoms with van der Waals surface area (Å²) in [5.74, 6) is 3.56. The summed E-state index contributed by atoms with van der Waals surface area (Å²) in [6.45, 7) is 5.04. The average molecular weight is 496 g/mol. The highest BCUT2D eigenvalue weighted by atomic mass is 32.1. The third kappa shape index (κ3) is 3.35. The fourth-order valence-corrected chi connectivity index (χ4v) is 9.23. The molecule has 3 saturated carbocycles. The maximum absolute atomic E-state index is 10.3. The Morgan fingerprint density at radius 1 is 1.15 bits per heavy atom. The number of hydrogen-bond donors (Lipinski definition) is 3. The lowest BCUT2D eigenvalue weighted by atomic mass is 9.45. The van der Waals surface area contributed by atoms with Crippen LogP contribution in [-0.2, 0) is 17.6 Å². The SMILES string of the molecule is C[C@]12CC[C@H](O)C[C@@H]1CC[C@@H]1[C@@H]2CC[C@]2(C)c3nn(C(=S)Nc4ccccc4)c(CS)c3C[C@@H]12. The van der Waals surface area contributed by atoms with Gasteiger partial charge in [0, 0.05) is 16.9 Å². The number of hydrogen-bond acceptors (Lipinski definition) is 4. The van der Waals surface area contributed by atoms with E-state index in [9.17, 15) is 5.11 Å². The number of anilines is 1. The van der Waals surface area contributed by atoms with Crippen LogP contribution in [0.1, 0.15) is 75.7 Å². The number of aromatic nitrogens is 2. The lowest BCUT2D eigenvalue weighted by molar-refractivity contribution is -0.111. The molecule has 4 aliphatic rings. The lowest BCUT2D eigenvalue weighted by Crippen LogP contribution is -2.54. The summed E-state index contributed by atoms with van der Waals surface area (Å²) in [6.07, 6.45) is 9.32. The molecule has 2 N–H and O–H groups in total. The van der Waals surface area contributed by atoms with E-state index in [1.54, 1.807) is 0 Å². The zero-order valence-corrected chi connectivity index (χ0v) is 22.0. The topological polar surface area (TPSA) is 50.1 Å². The van der Waals surface area contributed by atoms with Gasteiger partial charge in [-0.25, -0.2) is 4.68 Å². The molecule has 0 radical (unpaired) electrons. The van der Waals surface area contributed by atoms with Crippen molar-refractivity contribution in [2.24, 2.45) is 29.1 Å². The molecule has 2 aromatic rings. The highest BCUT2D eigenvalue weighted by Gasteiger charge is 2.60. The van der Waals surface area contributed by atoms with Gasteiger partial charge in [0.05, 0.1) is 17.5 Å². The summed E-state index contributed by atoms with van der Waals surface area (Å²) in [5, 5.41) is 19.5. The van der Waals surface area contributed by atoms with Gasteiger partial charge in [-0.05, 0) is 110 Å². The molecule has 1 heterocycles. The molecule has 3 fully saturated rings. The van der Waals surface area contributed by atoms with Gasteiger partial charge >= 0.3 is 0 Å². The van der Waals surface area contributed by atoms with Gasteiger partial charge in [-0.2, -0.15) is 17.7 Å². The Morgan fingerprint density at radius 2 is 1.94 bits per heavy atom. The molecule has 1 aromatic carbocycles. The van der Waals surface area contributed by atoms with E-state index in [2.05, 4.69) is 19.2 Å². The molecule has 6 heteroatoms. The summed E-state index contributed by atoms with van der Waals surface area (Å²) in [6, 6.07) is 10.1. The van der Waals surface area contributed by atoms with E-state index in [4.69, 9.17) is 29.9 Å². The van der Waals surface area contributed by atoms with Crippen LogP contribution in [0.15, 0.2) is 30.3 Å². The van der Waals surface area contributed by atoms with Crippen molar-refractivity contribution in [3.8, 4) is 0 Å². The smallest absolute Gasteiger partial charge is 0.198 e. The number of thiocarbonyl (C=S) groups is 1. The molecule has 0 saturated heterocycles. The van der Waals surface area contributed by atoms with Crippen molar-refractivity contribution in [2.45, 2.75) is 82.5 Å². The number of benzene rings is 1. The average Bonchev–Trinajstić information content (AvgIpc) is 3.34. The fourth-order valence-electron chi connectivity index (χ4n) is 8.63. The minimum atomic E-state index is -0.0777. The maximum Gasteiger partial charge on any atom is 0.198 e. The predicted octanol–water partition coefficient (Wildman–Crippen LogP) is 5.98. The summed E-state index contributed by atoms with van der Waals surface area (Å²) in [4.78, 5) is 0. The highest BCUT2D eigenvalue weighted by molar-refractivity contribution is 7.80.